The van der Waals surface area contributed by atoms with E-state index in [1.807, 2.05) is 6.92 Å². The number of hydrogen-bond donors (Lipinski definition) is 2. The summed E-state index contributed by atoms with van der Waals surface area (Å²) >= 11 is 0. The molecule has 2 N–H and O–H groups in total. The summed E-state index contributed by atoms with van der Waals surface area (Å²) in [4.78, 5) is 22.9. The predicted molar refractivity (Wildman–Crippen MR) is 74.5 cm³/mol. The summed E-state index contributed by atoms with van der Waals surface area (Å²) in [5.41, 5.74) is 0.326. The van der Waals surface area contributed by atoms with Crippen LogP contribution in [-0.2, 0) is 9.53 Å². The van der Waals surface area contributed by atoms with Crippen molar-refractivity contribution >= 4 is 11.9 Å². The number of benzene rings is 1. The molecule has 0 radical (unpaired) electrons. The molecule has 0 saturated carbocycles. The lowest BCUT2D eigenvalue weighted by atomic mass is 10.2. The highest BCUT2D eigenvalue weighted by Crippen LogP contribution is 2.27. The monoisotopic (exact) mass is 297 g/mol. The van der Waals surface area contributed by atoms with Gasteiger partial charge in [0.15, 0.2) is 17.6 Å². The fourth-order valence-electron chi connectivity index (χ4n) is 1.59. The number of methoxy groups -OCH3 is 2. The Balaban J connectivity index is 2.72. The van der Waals surface area contributed by atoms with E-state index in [0.29, 0.717) is 23.7 Å². The quantitative estimate of drug-likeness (QED) is 0.706. The lowest BCUT2D eigenvalue weighted by molar-refractivity contribution is -0.149. The van der Waals surface area contributed by atoms with Gasteiger partial charge in [0.2, 0.25) is 0 Å². The van der Waals surface area contributed by atoms with Crippen LogP contribution in [0.15, 0.2) is 18.2 Å². The van der Waals surface area contributed by atoms with Crippen LogP contribution in [-0.4, -0.2) is 50.5 Å². The van der Waals surface area contributed by atoms with E-state index < -0.39 is 18.0 Å². The number of esters is 1. The number of carbonyl (C=O) groups excluding carboxylic acids is 2. The van der Waals surface area contributed by atoms with Crippen molar-refractivity contribution in [3.8, 4) is 11.5 Å². The van der Waals surface area contributed by atoms with Crippen LogP contribution in [0.25, 0.3) is 0 Å². The summed E-state index contributed by atoms with van der Waals surface area (Å²) in [6, 6.07) is 4.70. The summed E-state index contributed by atoms with van der Waals surface area (Å²) in [7, 11) is 2.63. The fourth-order valence-corrected chi connectivity index (χ4v) is 1.59. The zero-order valence-corrected chi connectivity index (χ0v) is 12.2. The first-order chi connectivity index (χ1) is 10.0. The minimum absolute atomic E-state index is 0.235. The van der Waals surface area contributed by atoms with Gasteiger partial charge in [-0.1, -0.05) is 0 Å². The van der Waals surface area contributed by atoms with Gasteiger partial charge in [-0.15, -0.1) is 0 Å². The Labute approximate surface area is 122 Å². The van der Waals surface area contributed by atoms with Crippen LogP contribution in [0.5, 0.6) is 11.5 Å². The van der Waals surface area contributed by atoms with Crippen LogP contribution in [0.3, 0.4) is 0 Å². The molecule has 0 aromatic heterocycles. The minimum Gasteiger partial charge on any atom is -0.493 e. The summed E-state index contributed by atoms with van der Waals surface area (Å²) in [6.07, 6.45) is -1.40. The summed E-state index contributed by atoms with van der Waals surface area (Å²) < 4.78 is 14.8. The largest absolute Gasteiger partial charge is 0.493 e. The Hall–Kier alpha value is -2.28. The first kappa shape index (κ1) is 16.8. The SMILES string of the molecule is CCOc1ccc(C(=O)NCC(O)C(=O)OC)cc1OC. The van der Waals surface area contributed by atoms with Crippen LogP contribution in [0.1, 0.15) is 17.3 Å². The Kier molecular flexibility index (Phi) is 6.48. The average molecular weight is 297 g/mol. The van der Waals surface area contributed by atoms with Gasteiger partial charge in [-0.3, -0.25) is 4.79 Å². The highest BCUT2D eigenvalue weighted by Gasteiger charge is 2.17. The number of hydrogen-bond acceptors (Lipinski definition) is 6. The highest BCUT2D eigenvalue weighted by atomic mass is 16.5. The molecule has 0 spiro atoms. The van der Waals surface area contributed by atoms with E-state index in [2.05, 4.69) is 10.1 Å². The Morgan fingerprint density at radius 2 is 2.00 bits per heavy atom. The Bertz CT molecular complexity index is 502. The van der Waals surface area contributed by atoms with Gasteiger partial charge in [0.1, 0.15) is 0 Å². The van der Waals surface area contributed by atoms with Crippen molar-refractivity contribution in [1.29, 1.82) is 0 Å². The third kappa shape index (κ3) is 4.64. The highest BCUT2D eigenvalue weighted by molar-refractivity contribution is 5.95. The molecule has 7 nitrogen and oxygen atoms in total. The zero-order valence-electron chi connectivity index (χ0n) is 12.2. The molecule has 21 heavy (non-hydrogen) atoms. The van der Waals surface area contributed by atoms with Crippen molar-refractivity contribution in [3.63, 3.8) is 0 Å². The van der Waals surface area contributed by atoms with E-state index in [1.165, 1.54) is 13.2 Å². The molecule has 1 amide bonds. The van der Waals surface area contributed by atoms with Gasteiger partial charge >= 0.3 is 5.97 Å². The molecular weight excluding hydrogens is 278 g/mol. The van der Waals surface area contributed by atoms with Crippen molar-refractivity contribution in [2.24, 2.45) is 0 Å². The van der Waals surface area contributed by atoms with E-state index in [9.17, 15) is 14.7 Å². The predicted octanol–water partition coefficient (Wildman–Crippen LogP) is 0.358. The van der Waals surface area contributed by atoms with E-state index >= 15 is 0 Å². The van der Waals surface area contributed by atoms with Gasteiger partial charge in [-0.2, -0.15) is 0 Å². The van der Waals surface area contributed by atoms with Gasteiger partial charge in [-0.25, -0.2) is 4.79 Å². The normalized spacial score (nSPS) is 11.4. The van der Waals surface area contributed by atoms with Gasteiger partial charge < -0.3 is 24.6 Å². The first-order valence-electron chi connectivity index (χ1n) is 6.38. The number of aliphatic hydroxyl groups is 1. The number of ether oxygens (including phenoxy) is 3. The maximum Gasteiger partial charge on any atom is 0.336 e. The lowest BCUT2D eigenvalue weighted by Gasteiger charge is -2.12. The van der Waals surface area contributed by atoms with Gasteiger partial charge in [0.05, 0.1) is 27.4 Å². The maximum atomic E-state index is 11.9. The number of carbonyl (C=O) groups is 2. The second-order valence-corrected chi connectivity index (χ2v) is 4.05. The molecule has 1 aromatic rings. The Morgan fingerprint density at radius 1 is 1.29 bits per heavy atom. The molecule has 0 aliphatic rings. The van der Waals surface area contributed by atoms with Crippen molar-refractivity contribution in [2.45, 2.75) is 13.0 Å². The molecule has 7 heteroatoms. The van der Waals surface area contributed by atoms with Crippen molar-refractivity contribution in [1.82, 2.24) is 5.32 Å². The second kappa shape index (κ2) is 8.11. The lowest BCUT2D eigenvalue weighted by Crippen LogP contribution is -2.37. The minimum atomic E-state index is -1.40. The molecule has 0 bridgehead atoms. The number of nitrogens with one attached hydrogen (secondary N) is 1. The molecule has 0 fully saturated rings. The zero-order chi connectivity index (χ0) is 15.8. The molecule has 0 aliphatic heterocycles. The fraction of sp³-hybridized carbons (Fsp3) is 0.429. The van der Waals surface area contributed by atoms with E-state index in [4.69, 9.17) is 9.47 Å². The van der Waals surface area contributed by atoms with Gasteiger partial charge in [0, 0.05) is 5.56 Å². The van der Waals surface area contributed by atoms with E-state index in [1.54, 1.807) is 12.1 Å². The van der Waals surface area contributed by atoms with Crippen molar-refractivity contribution in [2.75, 3.05) is 27.4 Å². The summed E-state index contributed by atoms with van der Waals surface area (Å²) in [5, 5.41) is 11.8. The molecule has 0 heterocycles. The van der Waals surface area contributed by atoms with E-state index in [-0.39, 0.29) is 6.54 Å². The third-order valence-electron chi connectivity index (χ3n) is 2.65. The number of amides is 1. The standard InChI is InChI=1S/C14H19NO6/c1-4-21-11-6-5-9(7-12(11)19-2)13(17)15-8-10(16)14(18)20-3/h5-7,10,16H,4,8H2,1-3H3,(H,15,17). The van der Waals surface area contributed by atoms with Crippen LogP contribution in [0.2, 0.25) is 0 Å². The van der Waals surface area contributed by atoms with Gasteiger partial charge in [-0.05, 0) is 25.1 Å². The average Bonchev–Trinajstić information content (AvgIpc) is 2.51. The molecule has 1 rings (SSSR count). The van der Waals surface area contributed by atoms with Crippen LogP contribution in [0.4, 0.5) is 0 Å². The topological polar surface area (TPSA) is 94.1 Å². The Morgan fingerprint density at radius 3 is 2.57 bits per heavy atom. The van der Waals surface area contributed by atoms with Gasteiger partial charge in [0.25, 0.3) is 5.91 Å². The molecule has 1 aromatic carbocycles. The molecule has 0 saturated heterocycles. The molecule has 1 unspecified atom stereocenters. The molecule has 0 aliphatic carbocycles. The number of aliphatic hydroxyl groups excluding tert-OH is 1. The van der Waals surface area contributed by atoms with Crippen LogP contribution < -0.4 is 14.8 Å². The summed E-state index contributed by atoms with van der Waals surface area (Å²) in [5.74, 6) is -0.289. The molecular formula is C14H19NO6. The van der Waals surface area contributed by atoms with Crippen molar-refractivity contribution in [3.05, 3.63) is 23.8 Å². The third-order valence-corrected chi connectivity index (χ3v) is 2.65. The van der Waals surface area contributed by atoms with Crippen molar-refractivity contribution < 1.29 is 28.9 Å². The molecule has 1 atom stereocenters. The van der Waals surface area contributed by atoms with E-state index in [0.717, 1.165) is 7.11 Å². The smallest absolute Gasteiger partial charge is 0.336 e. The van der Waals surface area contributed by atoms with Crippen LogP contribution >= 0.6 is 0 Å². The summed E-state index contributed by atoms with van der Waals surface area (Å²) in [6.45, 7) is 2.09. The first-order valence-corrected chi connectivity index (χ1v) is 6.38. The second-order valence-electron chi connectivity index (χ2n) is 4.05. The van der Waals surface area contributed by atoms with Crippen LogP contribution in [0, 0.1) is 0 Å². The molecule has 116 valence electrons. The number of rotatable bonds is 7. The maximum absolute atomic E-state index is 11.9.